The number of hydrogen-bond acceptors (Lipinski definition) is 5. The van der Waals surface area contributed by atoms with Crippen molar-refractivity contribution in [3.8, 4) is 11.5 Å². The summed E-state index contributed by atoms with van der Waals surface area (Å²) in [5.74, 6) is 1.96. The van der Waals surface area contributed by atoms with Crippen LogP contribution in [0.1, 0.15) is 37.3 Å². The molecule has 192 valence electrons. The van der Waals surface area contributed by atoms with Crippen LogP contribution in [0.2, 0.25) is 5.02 Å². The topological polar surface area (TPSA) is 71.1 Å². The van der Waals surface area contributed by atoms with Crippen LogP contribution in [-0.4, -0.2) is 65.6 Å². The number of carbonyl (C=O) groups is 1. The third-order valence-electron chi connectivity index (χ3n) is 6.80. The maximum atomic E-state index is 13.6. The van der Waals surface area contributed by atoms with Gasteiger partial charge < -0.3 is 14.4 Å². The summed E-state index contributed by atoms with van der Waals surface area (Å²) in [6.07, 6.45) is 2.25. The smallest absolute Gasteiger partial charge is 0.243 e. The van der Waals surface area contributed by atoms with Gasteiger partial charge in [-0.25, -0.2) is 8.93 Å². The van der Waals surface area contributed by atoms with Gasteiger partial charge in [0.05, 0.1) is 25.2 Å². The first-order valence-corrected chi connectivity index (χ1v) is 13.6. The lowest BCUT2D eigenvalue weighted by molar-refractivity contribution is -0.153. The molecule has 2 aromatic rings. The minimum absolute atomic E-state index is 0.135. The number of ether oxygens (including phenoxy) is 2. The molecule has 9 heteroatoms. The van der Waals surface area contributed by atoms with E-state index >= 15 is 0 Å². The van der Waals surface area contributed by atoms with Gasteiger partial charge in [-0.2, -0.15) is 0 Å². The van der Waals surface area contributed by atoms with Crippen molar-refractivity contribution in [2.75, 3.05) is 40.1 Å². The molecule has 1 aliphatic rings. The van der Waals surface area contributed by atoms with Gasteiger partial charge in [-0.3, -0.25) is 9.69 Å². The van der Waals surface area contributed by atoms with Crippen LogP contribution < -0.4 is 14.2 Å². The molecule has 1 heterocycles. The lowest BCUT2D eigenvalue weighted by Crippen LogP contribution is -2.66. The largest absolute Gasteiger partial charge is 0.497 e. The fourth-order valence-corrected chi connectivity index (χ4v) is 5.56. The average Bonchev–Trinajstić information content (AvgIpc) is 2.86. The van der Waals surface area contributed by atoms with Crippen molar-refractivity contribution in [3.05, 3.63) is 58.6 Å². The van der Waals surface area contributed by atoms with Crippen molar-refractivity contribution in [1.29, 1.82) is 0 Å². The van der Waals surface area contributed by atoms with Crippen LogP contribution in [0, 0.1) is 0 Å². The van der Waals surface area contributed by atoms with Crippen LogP contribution in [0.5, 0.6) is 11.5 Å². The molecule has 3 rings (SSSR count). The fourth-order valence-electron chi connectivity index (χ4n) is 4.49. The number of methoxy groups -OCH3 is 2. The van der Waals surface area contributed by atoms with Gasteiger partial charge in [0.2, 0.25) is 5.91 Å². The highest BCUT2D eigenvalue weighted by Crippen LogP contribution is 2.34. The van der Waals surface area contributed by atoms with Gasteiger partial charge in [0, 0.05) is 48.6 Å². The third kappa shape index (κ3) is 6.76. The molecule has 0 aromatic heterocycles. The maximum absolute atomic E-state index is 13.6. The number of benzene rings is 2. The molecule has 35 heavy (non-hydrogen) atoms. The van der Waals surface area contributed by atoms with Crippen LogP contribution in [0.25, 0.3) is 0 Å². The van der Waals surface area contributed by atoms with Crippen LogP contribution in [0.3, 0.4) is 0 Å². The summed E-state index contributed by atoms with van der Waals surface area (Å²) in [6, 6.07) is 13.2. The molecular weight excluding hydrogens is 486 g/mol. The van der Waals surface area contributed by atoms with Crippen molar-refractivity contribution in [2.24, 2.45) is 0 Å². The number of carbonyl (C=O) groups excluding carboxylic acids is 1. The van der Waals surface area contributed by atoms with Crippen LogP contribution in [0.4, 0.5) is 0 Å². The number of nitrogens with zero attached hydrogens (tertiary/aromatic N) is 2. The zero-order valence-corrected chi connectivity index (χ0v) is 22.6. The first-order valence-electron chi connectivity index (χ1n) is 11.9. The fraction of sp³-hybridized carbons (Fsp3) is 0.500. The monoisotopic (exact) mass is 521 g/mol. The normalized spacial score (nSPS) is 18.5. The van der Waals surface area contributed by atoms with E-state index in [1.54, 1.807) is 20.3 Å². The predicted molar refractivity (Wildman–Crippen MR) is 141 cm³/mol. The zero-order valence-electron chi connectivity index (χ0n) is 21.0. The second kappa shape index (κ2) is 12.7. The Bertz CT molecular complexity index is 1030. The zero-order chi connectivity index (χ0) is 25.4. The average molecular weight is 522 g/mol. The SMILES string of the molecule is CCC1(C(=O)N(CCCS(=O)NCc2ccc(OC)cc2OC)Cc2cccc(Cl)c2)CCN1C. The number of halogens is 1. The molecule has 1 fully saturated rings. The van der Waals surface area contributed by atoms with Gasteiger partial charge in [-0.15, -0.1) is 0 Å². The molecule has 1 saturated heterocycles. The summed E-state index contributed by atoms with van der Waals surface area (Å²) in [5.41, 5.74) is 1.45. The number of likely N-dealkylation sites (N-methyl/N-ethyl adjacent to an activating group) is 1. The van der Waals surface area contributed by atoms with E-state index in [9.17, 15) is 9.00 Å². The lowest BCUT2D eigenvalue weighted by Gasteiger charge is -2.51. The van der Waals surface area contributed by atoms with E-state index in [2.05, 4.69) is 16.5 Å². The van der Waals surface area contributed by atoms with Gasteiger partial charge >= 0.3 is 0 Å². The van der Waals surface area contributed by atoms with Gasteiger partial charge in [-0.05, 0) is 50.1 Å². The molecule has 2 aromatic carbocycles. The van der Waals surface area contributed by atoms with Crippen molar-refractivity contribution in [2.45, 2.75) is 44.8 Å². The van der Waals surface area contributed by atoms with E-state index in [-0.39, 0.29) is 5.91 Å². The second-order valence-corrected chi connectivity index (χ2v) is 10.6. The molecule has 0 aliphatic carbocycles. The van der Waals surface area contributed by atoms with Crippen LogP contribution in [0.15, 0.2) is 42.5 Å². The van der Waals surface area contributed by atoms with Crippen LogP contribution in [-0.2, 0) is 28.9 Å². The Morgan fingerprint density at radius 2 is 2.03 bits per heavy atom. The molecule has 2 unspecified atom stereocenters. The summed E-state index contributed by atoms with van der Waals surface area (Å²) >= 11 is 6.18. The van der Waals surface area contributed by atoms with E-state index < -0.39 is 16.5 Å². The van der Waals surface area contributed by atoms with Gasteiger partial charge in [0.25, 0.3) is 0 Å². The van der Waals surface area contributed by atoms with E-state index in [0.29, 0.717) is 48.3 Å². The van der Waals surface area contributed by atoms with E-state index in [0.717, 1.165) is 30.5 Å². The van der Waals surface area contributed by atoms with E-state index in [1.807, 2.05) is 48.3 Å². The number of rotatable bonds is 13. The Morgan fingerprint density at radius 1 is 1.23 bits per heavy atom. The summed E-state index contributed by atoms with van der Waals surface area (Å²) < 4.78 is 26.4. The quantitative estimate of drug-likeness (QED) is 0.431. The lowest BCUT2D eigenvalue weighted by atomic mass is 9.81. The molecular formula is C26H36ClN3O4S. The predicted octanol–water partition coefficient (Wildman–Crippen LogP) is 4.01. The Balaban J connectivity index is 1.59. The molecule has 1 amide bonds. The Labute approximate surface area is 216 Å². The minimum Gasteiger partial charge on any atom is -0.497 e. The number of nitrogens with one attached hydrogen (secondary N) is 1. The highest BCUT2D eigenvalue weighted by molar-refractivity contribution is 7.82. The first kappa shape index (κ1) is 27.5. The highest BCUT2D eigenvalue weighted by atomic mass is 35.5. The third-order valence-corrected chi connectivity index (χ3v) is 8.16. The Morgan fingerprint density at radius 3 is 2.63 bits per heavy atom. The molecule has 2 atom stereocenters. The molecule has 1 aliphatic heterocycles. The number of amides is 1. The molecule has 0 saturated carbocycles. The number of hydrogen-bond donors (Lipinski definition) is 1. The van der Waals surface area contributed by atoms with Gasteiger partial charge in [0.1, 0.15) is 17.0 Å². The Kier molecular flexibility index (Phi) is 9.98. The second-order valence-electron chi connectivity index (χ2n) is 8.82. The first-order chi connectivity index (χ1) is 16.8. The Hall–Kier alpha value is -2.13. The summed E-state index contributed by atoms with van der Waals surface area (Å²) in [5, 5.41) is 0.653. The minimum atomic E-state index is -1.24. The maximum Gasteiger partial charge on any atom is 0.243 e. The summed E-state index contributed by atoms with van der Waals surface area (Å²) in [4.78, 5) is 17.7. The summed E-state index contributed by atoms with van der Waals surface area (Å²) in [7, 11) is 3.97. The van der Waals surface area contributed by atoms with Crippen molar-refractivity contribution < 1.29 is 18.5 Å². The molecule has 1 N–H and O–H groups in total. The standard InChI is InChI=1S/C26H36ClN3O4S/c1-5-26(12-14-29(26)2)25(31)30(19-20-8-6-9-22(27)16-20)13-7-15-35(32)28-18-21-10-11-23(33-3)17-24(21)34-4/h6,8-11,16-17,28H,5,7,12-15,18-19H2,1-4H3. The molecule has 0 spiro atoms. The van der Waals surface area contributed by atoms with Gasteiger partial charge in [0.15, 0.2) is 0 Å². The van der Waals surface area contributed by atoms with Crippen molar-refractivity contribution in [3.63, 3.8) is 0 Å². The molecule has 0 radical (unpaired) electrons. The van der Waals surface area contributed by atoms with Crippen molar-refractivity contribution in [1.82, 2.24) is 14.5 Å². The summed E-state index contributed by atoms with van der Waals surface area (Å²) in [6.45, 7) is 4.41. The van der Waals surface area contributed by atoms with Crippen molar-refractivity contribution >= 4 is 28.5 Å². The van der Waals surface area contributed by atoms with E-state index in [1.165, 1.54) is 0 Å². The molecule has 7 nitrogen and oxygen atoms in total. The van der Waals surface area contributed by atoms with E-state index in [4.69, 9.17) is 21.1 Å². The highest BCUT2D eigenvalue weighted by Gasteiger charge is 2.49. The van der Waals surface area contributed by atoms with Crippen LogP contribution >= 0.6 is 11.6 Å². The van der Waals surface area contributed by atoms with Gasteiger partial charge in [-0.1, -0.05) is 36.7 Å². The number of likely N-dealkylation sites (tertiary alicyclic amines) is 1. The molecule has 0 bridgehead atoms.